The van der Waals surface area contributed by atoms with Crippen molar-refractivity contribution in [2.24, 2.45) is 5.92 Å². The SMILES string of the molecule is CC(O)CCN(C)C(=O)c1ccc(OCC2CC2)cc1. The number of hydrogen-bond acceptors (Lipinski definition) is 3. The van der Waals surface area contributed by atoms with Crippen LogP contribution in [-0.2, 0) is 0 Å². The monoisotopic (exact) mass is 277 g/mol. The van der Waals surface area contributed by atoms with E-state index in [1.807, 2.05) is 12.1 Å². The molecule has 0 heterocycles. The van der Waals surface area contributed by atoms with Crippen molar-refractivity contribution >= 4 is 5.91 Å². The van der Waals surface area contributed by atoms with Gasteiger partial charge in [-0.05, 0) is 56.4 Å². The van der Waals surface area contributed by atoms with Gasteiger partial charge >= 0.3 is 0 Å². The summed E-state index contributed by atoms with van der Waals surface area (Å²) < 4.78 is 5.65. The highest BCUT2D eigenvalue weighted by Crippen LogP contribution is 2.29. The molecule has 20 heavy (non-hydrogen) atoms. The van der Waals surface area contributed by atoms with Gasteiger partial charge in [-0.25, -0.2) is 0 Å². The Kier molecular flexibility index (Phi) is 5.01. The first-order valence-electron chi connectivity index (χ1n) is 7.22. The van der Waals surface area contributed by atoms with E-state index in [1.54, 1.807) is 31.0 Å². The van der Waals surface area contributed by atoms with E-state index >= 15 is 0 Å². The molecule has 1 saturated carbocycles. The van der Waals surface area contributed by atoms with Gasteiger partial charge in [0, 0.05) is 19.2 Å². The average Bonchev–Trinajstić information content (AvgIpc) is 3.26. The minimum absolute atomic E-state index is 0.0283. The normalized spacial score (nSPS) is 15.8. The molecule has 1 aromatic rings. The van der Waals surface area contributed by atoms with Gasteiger partial charge in [-0.2, -0.15) is 0 Å². The number of ether oxygens (including phenoxy) is 1. The Morgan fingerprint density at radius 2 is 2.05 bits per heavy atom. The van der Waals surface area contributed by atoms with Crippen LogP contribution in [0.3, 0.4) is 0 Å². The highest BCUT2D eigenvalue weighted by atomic mass is 16.5. The van der Waals surface area contributed by atoms with E-state index in [9.17, 15) is 9.90 Å². The Morgan fingerprint density at radius 1 is 1.40 bits per heavy atom. The van der Waals surface area contributed by atoms with E-state index in [2.05, 4.69) is 0 Å². The topological polar surface area (TPSA) is 49.8 Å². The zero-order valence-electron chi connectivity index (χ0n) is 12.2. The molecule has 0 aromatic heterocycles. The van der Waals surface area contributed by atoms with Crippen LogP contribution in [0.5, 0.6) is 5.75 Å². The molecule has 0 saturated heterocycles. The van der Waals surface area contributed by atoms with Crippen LogP contribution in [0.15, 0.2) is 24.3 Å². The van der Waals surface area contributed by atoms with Crippen LogP contribution in [0.2, 0.25) is 0 Å². The molecule has 0 spiro atoms. The number of hydrogen-bond donors (Lipinski definition) is 1. The molecular weight excluding hydrogens is 254 g/mol. The third kappa shape index (κ3) is 4.53. The van der Waals surface area contributed by atoms with Gasteiger partial charge in [0.2, 0.25) is 0 Å². The summed E-state index contributed by atoms with van der Waals surface area (Å²) in [6, 6.07) is 7.28. The maximum atomic E-state index is 12.1. The van der Waals surface area contributed by atoms with Crippen LogP contribution in [0.4, 0.5) is 0 Å². The summed E-state index contributed by atoms with van der Waals surface area (Å²) in [4.78, 5) is 13.8. The summed E-state index contributed by atoms with van der Waals surface area (Å²) in [7, 11) is 1.75. The highest BCUT2D eigenvalue weighted by molar-refractivity contribution is 5.94. The van der Waals surface area contributed by atoms with Crippen molar-refractivity contribution in [2.45, 2.75) is 32.3 Å². The van der Waals surface area contributed by atoms with Gasteiger partial charge in [0.05, 0.1) is 12.7 Å². The van der Waals surface area contributed by atoms with Gasteiger partial charge in [-0.3, -0.25) is 4.79 Å². The molecule has 4 nitrogen and oxygen atoms in total. The molecule has 1 aliphatic carbocycles. The molecule has 0 aliphatic heterocycles. The summed E-state index contributed by atoms with van der Waals surface area (Å²) in [5.41, 5.74) is 0.650. The maximum Gasteiger partial charge on any atom is 0.253 e. The summed E-state index contributed by atoms with van der Waals surface area (Å²) in [6.07, 6.45) is 2.74. The number of carbonyl (C=O) groups is 1. The smallest absolute Gasteiger partial charge is 0.253 e. The molecule has 1 amide bonds. The fourth-order valence-corrected chi connectivity index (χ4v) is 1.89. The molecule has 4 heteroatoms. The lowest BCUT2D eigenvalue weighted by atomic mass is 10.2. The van der Waals surface area contributed by atoms with E-state index < -0.39 is 0 Å². The lowest BCUT2D eigenvalue weighted by molar-refractivity contribution is 0.0769. The summed E-state index contributed by atoms with van der Waals surface area (Å²) in [5, 5.41) is 9.24. The van der Waals surface area contributed by atoms with Crippen molar-refractivity contribution in [1.29, 1.82) is 0 Å². The highest BCUT2D eigenvalue weighted by Gasteiger charge is 2.21. The van der Waals surface area contributed by atoms with Gasteiger partial charge < -0.3 is 14.7 Å². The van der Waals surface area contributed by atoms with Crippen LogP contribution >= 0.6 is 0 Å². The Bertz CT molecular complexity index is 438. The number of benzene rings is 1. The minimum Gasteiger partial charge on any atom is -0.493 e. The van der Waals surface area contributed by atoms with Crippen LogP contribution in [0, 0.1) is 5.92 Å². The zero-order chi connectivity index (χ0) is 14.5. The lowest BCUT2D eigenvalue weighted by Crippen LogP contribution is -2.29. The predicted molar refractivity (Wildman–Crippen MR) is 77.9 cm³/mol. The molecule has 1 atom stereocenters. The summed E-state index contributed by atoms with van der Waals surface area (Å²) in [6.45, 7) is 3.06. The molecule has 1 unspecified atom stereocenters. The lowest BCUT2D eigenvalue weighted by Gasteiger charge is -2.18. The number of aliphatic hydroxyl groups is 1. The predicted octanol–water partition coefficient (Wildman–Crippen LogP) is 2.32. The van der Waals surface area contributed by atoms with Crippen molar-refractivity contribution in [2.75, 3.05) is 20.2 Å². The Balaban J connectivity index is 1.85. The number of aliphatic hydroxyl groups excluding tert-OH is 1. The van der Waals surface area contributed by atoms with E-state index in [4.69, 9.17) is 4.74 Å². The number of amides is 1. The Hall–Kier alpha value is -1.55. The van der Waals surface area contributed by atoms with E-state index in [0.29, 0.717) is 18.5 Å². The second-order valence-electron chi connectivity index (χ2n) is 5.64. The minimum atomic E-state index is -0.386. The van der Waals surface area contributed by atoms with Crippen LogP contribution in [0.1, 0.15) is 36.5 Å². The second kappa shape index (κ2) is 6.75. The Morgan fingerprint density at radius 3 is 2.60 bits per heavy atom. The molecule has 2 rings (SSSR count). The van der Waals surface area contributed by atoms with Gasteiger partial charge in [-0.15, -0.1) is 0 Å². The van der Waals surface area contributed by atoms with Gasteiger partial charge in [-0.1, -0.05) is 0 Å². The fraction of sp³-hybridized carbons (Fsp3) is 0.562. The van der Waals surface area contributed by atoms with E-state index in [1.165, 1.54) is 12.8 Å². The first kappa shape index (κ1) is 14.9. The second-order valence-corrected chi connectivity index (χ2v) is 5.64. The molecular formula is C16H23NO3. The molecule has 1 aliphatic rings. The first-order chi connectivity index (χ1) is 9.56. The fourth-order valence-electron chi connectivity index (χ4n) is 1.89. The van der Waals surface area contributed by atoms with Crippen LogP contribution in [0.25, 0.3) is 0 Å². The van der Waals surface area contributed by atoms with Crippen molar-refractivity contribution in [3.8, 4) is 5.75 Å². The van der Waals surface area contributed by atoms with Crippen molar-refractivity contribution in [3.05, 3.63) is 29.8 Å². The molecule has 0 radical (unpaired) electrons. The van der Waals surface area contributed by atoms with Gasteiger partial charge in [0.25, 0.3) is 5.91 Å². The van der Waals surface area contributed by atoms with E-state index in [0.717, 1.165) is 18.3 Å². The van der Waals surface area contributed by atoms with Crippen LogP contribution in [-0.4, -0.2) is 42.2 Å². The molecule has 1 N–H and O–H groups in total. The molecule has 1 fully saturated rings. The molecule has 110 valence electrons. The number of carbonyl (C=O) groups excluding carboxylic acids is 1. The maximum absolute atomic E-state index is 12.1. The Labute approximate surface area is 120 Å². The molecule has 1 aromatic carbocycles. The number of nitrogens with zero attached hydrogens (tertiary/aromatic N) is 1. The standard InChI is InChI=1S/C16H23NO3/c1-12(18)9-10-17(2)16(19)14-5-7-15(8-6-14)20-11-13-3-4-13/h5-8,12-13,18H,3-4,9-11H2,1-2H3. The van der Waals surface area contributed by atoms with Gasteiger partial charge in [0.15, 0.2) is 0 Å². The summed E-state index contributed by atoms with van der Waals surface area (Å²) in [5.74, 6) is 1.52. The van der Waals surface area contributed by atoms with Crippen LogP contribution < -0.4 is 4.74 Å². The zero-order valence-corrected chi connectivity index (χ0v) is 12.2. The third-order valence-corrected chi connectivity index (χ3v) is 3.51. The molecule has 0 bridgehead atoms. The first-order valence-corrected chi connectivity index (χ1v) is 7.22. The van der Waals surface area contributed by atoms with Crippen molar-refractivity contribution in [3.63, 3.8) is 0 Å². The number of rotatable bonds is 7. The van der Waals surface area contributed by atoms with Crippen molar-refractivity contribution < 1.29 is 14.6 Å². The quantitative estimate of drug-likeness (QED) is 0.832. The summed E-state index contributed by atoms with van der Waals surface area (Å²) >= 11 is 0. The largest absolute Gasteiger partial charge is 0.493 e. The van der Waals surface area contributed by atoms with Crippen molar-refractivity contribution in [1.82, 2.24) is 4.90 Å². The van der Waals surface area contributed by atoms with E-state index in [-0.39, 0.29) is 12.0 Å². The average molecular weight is 277 g/mol. The van der Waals surface area contributed by atoms with Gasteiger partial charge in [0.1, 0.15) is 5.75 Å². The third-order valence-electron chi connectivity index (χ3n) is 3.51.